The fourth-order valence-electron chi connectivity index (χ4n) is 3.46. The van der Waals surface area contributed by atoms with Crippen LogP contribution in [-0.2, 0) is 6.67 Å². The van der Waals surface area contributed by atoms with Crippen LogP contribution in [0.5, 0.6) is 5.75 Å². The van der Waals surface area contributed by atoms with Crippen molar-refractivity contribution < 1.29 is 14.1 Å². The zero-order valence-electron chi connectivity index (χ0n) is 16.2. The number of nitrogens with one attached hydrogen (secondary N) is 1. The molecule has 0 radical (unpaired) electrons. The van der Waals surface area contributed by atoms with Gasteiger partial charge in [-0.05, 0) is 55.5 Å². The van der Waals surface area contributed by atoms with Crippen molar-refractivity contribution in [2.75, 3.05) is 38.2 Å². The number of nitrogens with zero attached hydrogens (tertiary/aromatic N) is 3. The van der Waals surface area contributed by atoms with Crippen LogP contribution in [0.3, 0.4) is 0 Å². The number of aromatic nitrogens is 2. The summed E-state index contributed by atoms with van der Waals surface area (Å²) in [6, 6.07) is 16.4. The maximum absolute atomic E-state index is 5.73. The van der Waals surface area contributed by atoms with Crippen molar-refractivity contribution in [3.8, 4) is 17.2 Å². The summed E-state index contributed by atoms with van der Waals surface area (Å²) >= 11 is 5.39. The van der Waals surface area contributed by atoms with E-state index in [2.05, 4.69) is 41.2 Å². The highest BCUT2D eigenvalue weighted by Gasteiger charge is 2.22. The predicted molar refractivity (Wildman–Crippen MR) is 111 cm³/mol. The minimum atomic E-state index is 0.431. The van der Waals surface area contributed by atoms with Crippen LogP contribution in [0.1, 0.15) is 5.56 Å². The topological polar surface area (TPSA) is 47.9 Å². The molecule has 0 bridgehead atoms. The summed E-state index contributed by atoms with van der Waals surface area (Å²) in [4.78, 5) is 4.29. The lowest BCUT2D eigenvalue weighted by Crippen LogP contribution is -3.14. The molecule has 1 N–H and O–H groups in total. The van der Waals surface area contributed by atoms with Gasteiger partial charge < -0.3 is 19.0 Å². The fourth-order valence-corrected chi connectivity index (χ4v) is 3.65. The highest BCUT2D eigenvalue weighted by Crippen LogP contribution is 2.19. The molecule has 3 aromatic rings. The van der Waals surface area contributed by atoms with E-state index in [1.54, 1.807) is 7.11 Å². The summed E-state index contributed by atoms with van der Waals surface area (Å²) in [5.41, 5.74) is 3.40. The quantitative estimate of drug-likeness (QED) is 0.671. The van der Waals surface area contributed by atoms with Crippen LogP contribution in [0.2, 0.25) is 0 Å². The van der Waals surface area contributed by atoms with E-state index in [0.717, 1.165) is 44.2 Å². The standard InChI is InChI=1S/C21H24N4O2S/c1-16-3-5-17(6-4-16)20-22-25(21(28)27-20)15-23-11-13-24(14-12-23)18-7-9-19(26-2)10-8-18/h3-10H,11-15H2,1-2H3/p+1. The summed E-state index contributed by atoms with van der Waals surface area (Å²) in [6.45, 7) is 6.84. The van der Waals surface area contributed by atoms with Gasteiger partial charge in [-0.1, -0.05) is 17.7 Å². The van der Waals surface area contributed by atoms with Crippen LogP contribution in [0, 0.1) is 11.8 Å². The zero-order valence-corrected chi connectivity index (χ0v) is 17.0. The minimum Gasteiger partial charge on any atom is -0.497 e. The smallest absolute Gasteiger partial charge is 0.292 e. The summed E-state index contributed by atoms with van der Waals surface area (Å²) in [6.07, 6.45) is 0. The van der Waals surface area contributed by atoms with Gasteiger partial charge in [-0.2, -0.15) is 4.68 Å². The summed E-state index contributed by atoms with van der Waals surface area (Å²) in [5.74, 6) is 1.47. The van der Waals surface area contributed by atoms with Crippen molar-refractivity contribution >= 4 is 17.9 Å². The first-order valence-electron chi connectivity index (χ1n) is 9.50. The van der Waals surface area contributed by atoms with Crippen molar-refractivity contribution in [1.82, 2.24) is 9.78 Å². The van der Waals surface area contributed by atoms with E-state index in [1.807, 2.05) is 28.9 Å². The summed E-state index contributed by atoms with van der Waals surface area (Å²) in [5, 5.41) is 4.60. The highest BCUT2D eigenvalue weighted by atomic mass is 32.1. The van der Waals surface area contributed by atoms with Crippen molar-refractivity contribution in [3.05, 3.63) is 58.9 Å². The lowest BCUT2D eigenvalue weighted by Gasteiger charge is -2.33. The molecule has 4 rings (SSSR count). The molecule has 1 fully saturated rings. The van der Waals surface area contributed by atoms with Gasteiger partial charge in [0.05, 0.1) is 33.3 Å². The molecule has 2 aromatic carbocycles. The number of quaternary nitrogens is 1. The Bertz CT molecular complexity index is 971. The molecule has 0 aliphatic carbocycles. The molecule has 1 aliphatic heterocycles. The van der Waals surface area contributed by atoms with Gasteiger partial charge in [0.1, 0.15) is 5.75 Å². The number of rotatable bonds is 5. The van der Waals surface area contributed by atoms with Crippen LogP contribution in [0.15, 0.2) is 52.9 Å². The highest BCUT2D eigenvalue weighted by molar-refractivity contribution is 7.71. The Morgan fingerprint density at radius 1 is 1.07 bits per heavy atom. The molecule has 0 amide bonds. The number of hydrogen-bond donors (Lipinski definition) is 1. The molecule has 1 saturated heterocycles. The van der Waals surface area contributed by atoms with Gasteiger partial charge in [0.25, 0.3) is 4.84 Å². The Balaban J connectivity index is 1.38. The molecule has 7 heteroatoms. The van der Waals surface area contributed by atoms with Gasteiger partial charge in [0, 0.05) is 11.3 Å². The Hall–Kier alpha value is -2.64. The van der Waals surface area contributed by atoms with Crippen LogP contribution < -0.4 is 14.5 Å². The van der Waals surface area contributed by atoms with E-state index in [0.29, 0.717) is 10.7 Å². The second kappa shape index (κ2) is 8.16. The molecule has 0 saturated carbocycles. The fraction of sp³-hybridized carbons (Fsp3) is 0.333. The predicted octanol–water partition coefficient (Wildman–Crippen LogP) is 2.55. The SMILES string of the molecule is COc1ccc(N2CC[NH+](Cn3nc(-c4ccc(C)cc4)oc3=S)CC2)cc1. The number of piperazine rings is 1. The Kier molecular flexibility index (Phi) is 5.45. The summed E-state index contributed by atoms with van der Waals surface area (Å²) in [7, 11) is 1.69. The normalized spacial score (nSPS) is 15.0. The number of hydrogen-bond acceptors (Lipinski definition) is 5. The maximum Gasteiger partial charge on any atom is 0.292 e. The van der Waals surface area contributed by atoms with Crippen molar-refractivity contribution in [2.24, 2.45) is 0 Å². The Labute approximate surface area is 169 Å². The van der Waals surface area contributed by atoms with Crippen LogP contribution >= 0.6 is 12.2 Å². The van der Waals surface area contributed by atoms with Crippen LogP contribution in [0.4, 0.5) is 5.69 Å². The molecule has 146 valence electrons. The number of benzene rings is 2. The van der Waals surface area contributed by atoms with E-state index in [4.69, 9.17) is 21.4 Å². The first-order valence-corrected chi connectivity index (χ1v) is 9.91. The molecule has 6 nitrogen and oxygen atoms in total. The van der Waals surface area contributed by atoms with Gasteiger partial charge in [0.2, 0.25) is 5.89 Å². The third-order valence-corrected chi connectivity index (χ3v) is 5.48. The number of anilines is 1. The maximum atomic E-state index is 5.73. The van der Waals surface area contributed by atoms with E-state index in [-0.39, 0.29) is 0 Å². The third-order valence-electron chi connectivity index (χ3n) is 5.19. The largest absolute Gasteiger partial charge is 0.497 e. The first kappa shape index (κ1) is 18.7. The van der Waals surface area contributed by atoms with Gasteiger partial charge in [-0.3, -0.25) is 0 Å². The molecule has 0 spiro atoms. The molecular weight excluding hydrogens is 372 g/mol. The number of methoxy groups -OCH3 is 1. The Morgan fingerprint density at radius 2 is 1.75 bits per heavy atom. The molecule has 2 heterocycles. The molecule has 1 aliphatic rings. The van der Waals surface area contributed by atoms with Crippen LogP contribution in [-0.4, -0.2) is 43.1 Å². The summed E-state index contributed by atoms with van der Waals surface area (Å²) < 4.78 is 12.8. The lowest BCUT2D eigenvalue weighted by molar-refractivity contribution is -0.924. The van der Waals surface area contributed by atoms with Crippen molar-refractivity contribution in [2.45, 2.75) is 13.6 Å². The van der Waals surface area contributed by atoms with Gasteiger partial charge in [-0.25, -0.2) is 0 Å². The second-order valence-corrected chi connectivity index (χ2v) is 7.48. The Morgan fingerprint density at radius 3 is 2.39 bits per heavy atom. The molecule has 1 aromatic heterocycles. The average molecular weight is 398 g/mol. The molecular formula is C21H25N4O2S+. The van der Waals surface area contributed by atoms with Crippen molar-refractivity contribution in [3.63, 3.8) is 0 Å². The third kappa shape index (κ3) is 4.10. The van der Waals surface area contributed by atoms with Crippen molar-refractivity contribution in [1.29, 1.82) is 0 Å². The monoisotopic (exact) mass is 397 g/mol. The second-order valence-electron chi connectivity index (χ2n) is 7.13. The zero-order chi connectivity index (χ0) is 19.5. The lowest BCUT2D eigenvalue weighted by atomic mass is 10.1. The molecule has 0 unspecified atom stereocenters. The van der Waals surface area contributed by atoms with Gasteiger partial charge in [0.15, 0.2) is 6.67 Å². The minimum absolute atomic E-state index is 0.431. The van der Waals surface area contributed by atoms with E-state index >= 15 is 0 Å². The van der Waals surface area contributed by atoms with E-state index in [9.17, 15) is 0 Å². The van der Waals surface area contributed by atoms with E-state index < -0.39 is 0 Å². The first-order chi connectivity index (χ1) is 13.6. The molecule has 28 heavy (non-hydrogen) atoms. The van der Waals surface area contributed by atoms with Crippen LogP contribution in [0.25, 0.3) is 11.5 Å². The molecule has 0 atom stereocenters. The van der Waals surface area contributed by atoms with Gasteiger partial charge >= 0.3 is 0 Å². The average Bonchev–Trinajstić information content (AvgIpc) is 3.09. The van der Waals surface area contributed by atoms with E-state index in [1.165, 1.54) is 16.2 Å². The number of ether oxygens (including phenoxy) is 1. The van der Waals surface area contributed by atoms with Gasteiger partial charge in [-0.15, -0.1) is 5.10 Å². The number of aryl methyl sites for hydroxylation is 1.